The first-order valence-electron chi connectivity index (χ1n) is 7.97. The van der Waals surface area contributed by atoms with Gasteiger partial charge in [0.15, 0.2) is 0 Å². The summed E-state index contributed by atoms with van der Waals surface area (Å²) in [7, 11) is 0. The molecule has 1 rings (SSSR count). The van der Waals surface area contributed by atoms with Gasteiger partial charge in [-0.3, -0.25) is 9.59 Å². The Kier molecular flexibility index (Phi) is 7.45. The van der Waals surface area contributed by atoms with E-state index in [2.05, 4.69) is 29.7 Å². The lowest BCUT2D eigenvalue weighted by atomic mass is 10.1. The van der Waals surface area contributed by atoms with Crippen molar-refractivity contribution in [1.82, 2.24) is 5.43 Å². The number of amides is 2. The molecule has 0 saturated carbocycles. The monoisotopic (exact) mass is 317 g/mol. The lowest BCUT2D eigenvalue weighted by molar-refractivity contribution is -0.124. The molecule has 0 saturated heterocycles. The van der Waals surface area contributed by atoms with Gasteiger partial charge in [0.05, 0.1) is 0 Å². The second-order valence-electron chi connectivity index (χ2n) is 6.33. The molecule has 0 aliphatic heterocycles. The largest absolute Gasteiger partial charge is 0.326 e. The number of carbonyl (C=O) groups is 2. The second kappa shape index (κ2) is 9.08. The molecular formula is C18H27N3O2. The van der Waals surface area contributed by atoms with Crippen LogP contribution in [0.5, 0.6) is 0 Å². The maximum absolute atomic E-state index is 11.9. The normalized spacial score (nSPS) is 11.5. The van der Waals surface area contributed by atoms with Crippen LogP contribution in [-0.2, 0) is 9.59 Å². The molecule has 0 heterocycles. The van der Waals surface area contributed by atoms with E-state index in [1.165, 1.54) is 5.56 Å². The average Bonchev–Trinajstić information content (AvgIpc) is 2.46. The third kappa shape index (κ3) is 7.58. The van der Waals surface area contributed by atoms with E-state index in [1.807, 2.05) is 39.0 Å². The molecule has 2 amide bonds. The third-order valence-electron chi connectivity index (χ3n) is 3.44. The Labute approximate surface area is 138 Å². The Bertz CT molecular complexity index is 592. The molecule has 0 spiro atoms. The molecule has 126 valence electrons. The van der Waals surface area contributed by atoms with Gasteiger partial charge in [0, 0.05) is 24.2 Å². The van der Waals surface area contributed by atoms with E-state index >= 15 is 0 Å². The van der Waals surface area contributed by atoms with Crippen LogP contribution >= 0.6 is 0 Å². The van der Waals surface area contributed by atoms with Crippen LogP contribution in [0.15, 0.2) is 23.3 Å². The first-order chi connectivity index (χ1) is 10.8. The number of hydrogen-bond acceptors (Lipinski definition) is 3. The molecule has 1 aromatic carbocycles. The van der Waals surface area contributed by atoms with Crippen molar-refractivity contribution in [3.05, 3.63) is 29.3 Å². The summed E-state index contributed by atoms with van der Waals surface area (Å²) in [5.41, 5.74) is 6.43. The number of hydrogen-bond donors (Lipinski definition) is 2. The number of benzene rings is 1. The summed E-state index contributed by atoms with van der Waals surface area (Å²) < 4.78 is 0. The van der Waals surface area contributed by atoms with E-state index in [9.17, 15) is 9.59 Å². The van der Waals surface area contributed by atoms with Crippen LogP contribution in [0.1, 0.15) is 51.2 Å². The molecule has 5 nitrogen and oxygen atoms in total. The smallest absolute Gasteiger partial charge is 0.240 e. The lowest BCUT2D eigenvalue weighted by Gasteiger charge is -2.08. The maximum Gasteiger partial charge on any atom is 0.240 e. The summed E-state index contributed by atoms with van der Waals surface area (Å²) >= 11 is 0. The number of nitrogens with one attached hydrogen (secondary N) is 2. The van der Waals surface area contributed by atoms with Crippen LogP contribution in [0.3, 0.4) is 0 Å². The summed E-state index contributed by atoms with van der Waals surface area (Å²) in [5.74, 6) is 0.0778. The van der Waals surface area contributed by atoms with Gasteiger partial charge in [0.2, 0.25) is 11.8 Å². The minimum absolute atomic E-state index is 0.120. The molecule has 0 atom stereocenters. The minimum Gasteiger partial charge on any atom is -0.326 e. The maximum atomic E-state index is 11.9. The first-order valence-corrected chi connectivity index (χ1v) is 7.97. The number of rotatable bonds is 7. The van der Waals surface area contributed by atoms with Crippen molar-refractivity contribution >= 4 is 23.2 Å². The van der Waals surface area contributed by atoms with Crippen LogP contribution in [-0.4, -0.2) is 17.5 Å². The number of anilines is 1. The molecule has 0 radical (unpaired) electrons. The number of hydrazone groups is 1. The zero-order chi connectivity index (χ0) is 17.4. The fraction of sp³-hybridized carbons (Fsp3) is 0.500. The topological polar surface area (TPSA) is 70.6 Å². The predicted molar refractivity (Wildman–Crippen MR) is 94.5 cm³/mol. The Morgan fingerprint density at radius 3 is 2.35 bits per heavy atom. The SMILES string of the molecule is C/C(CC(C)C)=N\NC(=O)CCC(=O)Nc1ccc(C)c(C)c1. The highest BCUT2D eigenvalue weighted by Crippen LogP contribution is 2.14. The van der Waals surface area contributed by atoms with Gasteiger partial charge in [-0.25, -0.2) is 5.43 Å². The molecular weight excluding hydrogens is 290 g/mol. The van der Waals surface area contributed by atoms with Crippen molar-refractivity contribution in [3.63, 3.8) is 0 Å². The molecule has 1 aromatic rings. The summed E-state index contributed by atoms with van der Waals surface area (Å²) in [4.78, 5) is 23.6. The van der Waals surface area contributed by atoms with Gasteiger partial charge in [0.1, 0.15) is 0 Å². The van der Waals surface area contributed by atoms with Crippen molar-refractivity contribution in [3.8, 4) is 0 Å². The van der Waals surface area contributed by atoms with Crippen LogP contribution in [0.25, 0.3) is 0 Å². The number of nitrogens with zero attached hydrogens (tertiary/aromatic N) is 1. The highest BCUT2D eigenvalue weighted by molar-refractivity contribution is 5.93. The van der Waals surface area contributed by atoms with Gasteiger partial charge < -0.3 is 5.32 Å². The Morgan fingerprint density at radius 2 is 1.74 bits per heavy atom. The Hall–Kier alpha value is -2.17. The van der Waals surface area contributed by atoms with E-state index in [0.717, 1.165) is 23.4 Å². The summed E-state index contributed by atoms with van der Waals surface area (Å²) in [6, 6.07) is 5.75. The third-order valence-corrected chi connectivity index (χ3v) is 3.44. The van der Waals surface area contributed by atoms with E-state index in [1.54, 1.807) is 0 Å². The van der Waals surface area contributed by atoms with Crippen LogP contribution < -0.4 is 10.7 Å². The van der Waals surface area contributed by atoms with Gasteiger partial charge in [-0.15, -0.1) is 0 Å². The van der Waals surface area contributed by atoms with Crippen molar-refractivity contribution < 1.29 is 9.59 Å². The molecule has 0 aliphatic rings. The summed E-state index contributed by atoms with van der Waals surface area (Å²) in [5, 5.41) is 6.83. The number of carbonyl (C=O) groups excluding carboxylic acids is 2. The van der Waals surface area contributed by atoms with Crippen molar-refractivity contribution in [2.45, 2.75) is 53.9 Å². The Morgan fingerprint density at radius 1 is 1.09 bits per heavy atom. The summed E-state index contributed by atoms with van der Waals surface area (Å²) in [6.45, 7) is 10.1. The van der Waals surface area contributed by atoms with E-state index in [-0.39, 0.29) is 24.7 Å². The summed E-state index contributed by atoms with van der Waals surface area (Å²) in [6.07, 6.45) is 1.10. The highest BCUT2D eigenvalue weighted by atomic mass is 16.2. The van der Waals surface area contributed by atoms with Crippen LogP contribution in [0, 0.1) is 19.8 Å². The standard InChI is InChI=1S/C18H27N3O2/c1-12(2)10-15(5)20-21-18(23)9-8-17(22)19-16-7-6-13(3)14(4)11-16/h6-7,11-12H,8-10H2,1-5H3,(H,19,22)(H,21,23)/b20-15+. The van der Waals surface area contributed by atoms with Crippen molar-refractivity contribution in [2.24, 2.45) is 11.0 Å². The molecule has 0 aromatic heterocycles. The van der Waals surface area contributed by atoms with Gasteiger partial charge >= 0.3 is 0 Å². The minimum atomic E-state index is -0.247. The van der Waals surface area contributed by atoms with Gasteiger partial charge in [0.25, 0.3) is 0 Å². The van der Waals surface area contributed by atoms with Crippen LogP contribution in [0.2, 0.25) is 0 Å². The zero-order valence-electron chi connectivity index (χ0n) is 14.7. The molecule has 0 bridgehead atoms. The molecule has 2 N–H and O–H groups in total. The molecule has 5 heteroatoms. The zero-order valence-corrected chi connectivity index (χ0v) is 14.7. The second-order valence-corrected chi connectivity index (χ2v) is 6.33. The average molecular weight is 317 g/mol. The predicted octanol–water partition coefficient (Wildman–Crippen LogP) is 3.56. The van der Waals surface area contributed by atoms with Crippen molar-refractivity contribution in [2.75, 3.05) is 5.32 Å². The van der Waals surface area contributed by atoms with Gasteiger partial charge in [-0.05, 0) is 56.4 Å². The first kappa shape index (κ1) is 18.9. The number of aryl methyl sites for hydroxylation is 2. The van der Waals surface area contributed by atoms with Gasteiger partial charge in [-0.1, -0.05) is 19.9 Å². The fourth-order valence-electron chi connectivity index (χ4n) is 2.12. The van der Waals surface area contributed by atoms with Crippen molar-refractivity contribution in [1.29, 1.82) is 0 Å². The lowest BCUT2D eigenvalue weighted by Crippen LogP contribution is -2.21. The molecule has 0 unspecified atom stereocenters. The molecule has 23 heavy (non-hydrogen) atoms. The highest BCUT2D eigenvalue weighted by Gasteiger charge is 2.07. The fourth-order valence-corrected chi connectivity index (χ4v) is 2.12. The molecule has 0 fully saturated rings. The van der Waals surface area contributed by atoms with Gasteiger partial charge in [-0.2, -0.15) is 5.10 Å². The van der Waals surface area contributed by atoms with E-state index < -0.39 is 0 Å². The van der Waals surface area contributed by atoms with Crippen LogP contribution in [0.4, 0.5) is 5.69 Å². The van der Waals surface area contributed by atoms with E-state index in [4.69, 9.17) is 0 Å². The Balaban J connectivity index is 2.37. The molecule has 0 aliphatic carbocycles. The quantitative estimate of drug-likeness (QED) is 0.596. The van der Waals surface area contributed by atoms with E-state index in [0.29, 0.717) is 5.92 Å².